The fourth-order valence-corrected chi connectivity index (χ4v) is 4.35. The number of fused-ring (bicyclic) bond motifs is 1. The normalized spacial score (nSPS) is 21.3. The second kappa shape index (κ2) is 6.02. The lowest BCUT2D eigenvalue weighted by molar-refractivity contribution is 0.353. The molecular weight excluding hydrogens is 320 g/mol. The summed E-state index contributed by atoms with van der Waals surface area (Å²) >= 11 is 1.61. The molecule has 2 atom stereocenters. The molecule has 0 radical (unpaired) electrons. The highest BCUT2D eigenvalue weighted by Crippen LogP contribution is 2.28. The van der Waals surface area contributed by atoms with Crippen molar-refractivity contribution in [2.45, 2.75) is 20.3 Å². The van der Waals surface area contributed by atoms with Crippen molar-refractivity contribution < 1.29 is 0 Å². The van der Waals surface area contributed by atoms with Crippen LogP contribution >= 0.6 is 11.3 Å². The summed E-state index contributed by atoms with van der Waals surface area (Å²) in [5.41, 5.74) is 2.33. The van der Waals surface area contributed by atoms with E-state index in [1.54, 1.807) is 17.5 Å². The molecule has 0 aromatic carbocycles. The van der Waals surface area contributed by atoms with E-state index in [2.05, 4.69) is 33.7 Å². The molecule has 6 heteroatoms. The van der Waals surface area contributed by atoms with E-state index in [9.17, 15) is 4.79 Å². The predicted molar refractivity (Wildman–Crippen MR) is 98.6 cm³/mol. The fraction of sp³-hybridized carbons (Fsp3) is 0.389. The summed E-state index contributed by atoms with van der Waals surface area (Å²) in [6.07, 6.45) is 2.95. The van der Waals surface area contributed by atoms with Gasteiger partial charge in [0.05, 0.1) is 5.39 Å². The Hall–Kier alpha value is -2.21. The molecule has 0 amide bonds. The number of piperidine rings is 1. The lowest BCUT2D eigenvalue weighted by Gasteiger charge is -2.35. The molecule has 0 spiro atoms. The van der Waals surface area contributed by atoms with Gasteiger partial charge in [-0.15, -0.1) is 0 Å². The minimum atomic E-state index is -0.116. The lowest BCUT2D eigenvalue weighted by atomic mass is 9.92. The van der Waals surface area contributed by atoms with Gasteiger partial charge >= 0.3 is 0 Å². The number of hydrogen-bond donors (Lipinski definition) is 1. The summed E-state index contributed by atoms with van der Waals surface area (Å²) in [5.74, 6) is 1.83. The van der Waals surface area contributed by atoms with E-state index in [0.717, 1.165) is 24.2 Å². The maximum Gasteiger partial charge on any atom is 0.262 e. The van der Waals surface area contributed by atoms with E-state index in [4.69, 9.17) is 0 Å². The monoisotopic (exact) mass is 340 g/mol. The molecule has 0 aliphatic carbocycles. The highest BCUT2D eigenvalue weighted by atomic mass is 32.1. The van der Waals surface area contributed by atoms with Gasteiger partial charge in [-0.3, -0.25) is 9.78 Å². The van der Waals surface area contributed by atoms with Gasteiger partial charge in [-0.25, -0.2) is 4.98 Å². The number of nitrogens with zero attached hydrogens (tertiary/aromatic N) is 3. The quantitative estimate of drug-likeness (QED) is 0.775. The minimum Gasteiger partial charge on any atom is -0.342 e. The number of aromatic amines is 1. The van der Waals surface area contributed by atoms with Gasteiger partial charge in [-0.1, -0.05) is 13.8 Å². The summed E-state index contributed by atoms with van der Waals surface area (Å²) < 4.78 is 0. The minimum absolute atomic E-state index is 0.116. The van der Waals surface area contributed by atoms with Crippen LogP contribution in [0.5, 0.6) is 0 Å². The van der Waals surface area contributed by atoms with Crippen molar-refractivity contribution in [3.8, 4) is 11.1 Å². The van der Waals surface area contributed by atoms with E-state index in [-0.39, 0.29) is 5.56 Å². The SMILES string of the molecule is CC1CC(C)CN(c2nc3nccc(-c4ccsc4)c3c(=O)[nH]2)C1. The molecule has 5 nitrogen and oxygen atoms in total. The molecule has 1 N–H and O–H groups in total. The second-order valence-electron chi connectivity index (χ2n) is 6.81. The van der Waals surface area contributed by atoms with Crippen LogP contribution in [-0.4, -0.2) is 28.0 Å². The van der Waals surface area contributed by atoms with Crippen LogP contribution in [0.2, 0.25) is 0 Å². The Morgan fingerprint density at radius 1 is 1.25 bits per heavy atom. The zero-order chi connectivity index (χ0) is 16.7. The molecule has 4 rings (SSSR count). The van der Waals surface area contributed by atoms with Crippen molar-refractivity contribution in [2.75, 3.05) is 18.0 Å². The predicted octanol–water partition coefficient (Wildman–Crippen LogP) is 3.53. The van der Waals surface area contributed by atoms with Crippen LogP contribution in [0.4, 0.5) is 5.95 Å². The van der Waals surface area contributed by atoms with Crippen LogP contribution in [0.1, 0.15) is 20.3 Å². The Kier molecular flexibility index (Phi) is 3.84. The summed E-state index contributed by atoms with van der Waals surface area (Å²) in [5, 5.41) is 4.61. The third-order valence-corrected chi connectivity index (χ3v) is 5.28. The average molecular weight is 340 g/mol. The molecule has 3 aromatic rings. The van der Waals surface area contributed by atoms with Gasteiger partial charge in [0.2, 0.25) is 5.95 Å². The van der Waals surface area contributed by atoms with E-state index in [1.807, 2.05) is 22.9 Å². The van der Waals surface area contributed by atoms with Crippen molar-refractivity contribution in [1.29, 1.82) is 0 Å². The summed E-state index contributed by atoms with van der Waals surface area (Å²) in [4.78, 5) is 26.9. The Bertz CT molecular complexity index is 908. The molecule has 4 heterocycles. The molecule has 2 unspecified atom stereocenters. The molecule has 0 saturated carbocycles. The van der Waals surface area contributed by atoms with Crippen LogP contribution in [0, 0.1) is 11.8 Å². The molecule has 124 valence electrons. The molecule has 1 saturated heterocycles. The highest BCUT2D eigenvalue weighted by molar-refractivity contribution is 7.08. The highest BCUT2D eigenvalue weighted by Gasteiger charge is 2.24. The number of aromatic nitrogens is 3. The fourth-order valence-electron chi connectivity index (χ4n) is 3.70. The summed E-state index contributed by atoms with van der Waals surface area (Å²) in [6, 6.07) is 3.90. The summed E-state index contributed by atoms with van der Waals surface area (Å²) in [7, 11) is 0. The first kappa shape index (κ1) is 15.3. The van der Waals surface area contributed by atoms with Gasteiger partial charge < -0.3 is 4.90 Å². The van der Waals surface area contributed by atoms with E-state index in [1.165, 1.54) is 6.42 Å². The lowest BCUT2D eigenvalue weighted by Crippen LogP contribution is -2.40. The molecule has 1 aliphatic rings. The van der Waals surface area contributed by atoms with Gasteiger partial charge in [-0.05, 0) is 46.7 Å². The maximum atomic E-state index is 12.8. The average Bonchev–Trinajstić information content (AvgIpc) is 3.07. The number of thiophene rings is 1. The van der Waals surface area contributed by atoms with Crippen molar-refractivity contribution in [3.05, 3.63) is 39.4 Å². The van der Waals surface area contributed by atoms with Crippen LogP contribution in [0.3, 0.4) is 0 Å². The van der Waals surface area contributed by atoms with Gasteiger partial charge in [0, 0.05) is 24.8 Å². The number of anilines is 1. The first-order chi connectivity index (χ1) is 11.6. The van der Waals surface area contributed by atoms with Gasteiger partial charge in [0.15, 0.2) is 5.65 Å². The topological polar surface area (TPSA) is 61.9 Å². The van der Waals surface area contributed by atoms with Crippen LogP contribution < -0.4 is 10.5 Å². The number of pyridine rings is 1. The first-order valence-electron chi connectivity index (χ1n) is 8.28. The van der Waals surface area contributed by atoms with Crippen molar-refractivity contribution in [2.24, 2.45) is 11.8 Å². The first-order valence-corrected chi connectivity index (χ1v) is 9.22. The Balaban J connectivity index is 1.83. The van der Waals surface area contributed by atoms with Crippen molar-refractivity contribution >= 4 is 28.3 Å². The largest absolute Gasteiger partial charge is 0.342 e. The molecule has 1 aliphatic heterocycles. The van der Waals surface area contributed by atoms with E-state index in [0.29, 0.717) is 28.8 Å². The zero-order valence-electron chi connectivity index (χ0n) is 13.8. The van der Waals surface area contributed by atoms with Crippen molar-refractivity contribution in [3.63, 3.8) is 0 Å². The van der Waals surface area contributed by atoms with Crippen LogP contribution in [0.25, 0.3) is 22.2 Å². The van der Waals surface area contributed by atoms with Gasteiger partial charge in [0.25, 0.3) is 5.56 Å². The number of hydrogen-bond acceptors (Lipinski definition) is 5. The molecule has 24 heavy (non-hydrogen) atoms. The number of nitrogens with one attached hydrogen (secondary N) is 1. The molecular formula is C18H20N4OS. The third kappa shape index (κ3) is 2.71. The van der Waals surface area contributed by atoms with Crippen molar-refractivity contribution in [1.82, 2.24) is 15.0 Å². The van der Waals surface area contributed by atoms with Crippen LogP contribution in [0.15, 0.2) is 33.9 Å². The molecule has 3 aromatic heterocycles. The third-order valence-electron chi connectivity index (χ3n) is 4.60. The maximum absolute atomic E-state index is 12.8. The van der Waals surface area contributed by atoms with Gasteiger partial charge in [0.1, 0.15) is 0 Å². The Labute approximate surface area is 144 Å². The Morgan fingerprint density at radius 2 is 2.04 bits per heavy atom. The summed E-state index contributed by atoms with van der Waals surface area (Å²) in [6.45, 7) is 6.33. The Morgan fingerprint density at radius 3 is 2.75 bits per heavy atom. The zero-order valence-corrected chi connectivity index (χ0v) is 14.6. The van der Waals surface area contributed by atoms with Crippen LogP contribution in [-0.2, 0) is 0 Å². The standard InChI is InChI=1S/C18H20N4OS/c1-11-7-12(2)9-22(8-11)18-20-16-15(17(23)21-18)14(3-5-19-16)13-4-6-24-10-13/h3-6,10-12H,7-9H2,1-2H3,(H,19,20,21,23). The number of rotatable bonds is 2. The second-order valence-corrected chi connectivity index (χ2v) is 7.59. The number of H-pyrrole nitrogens is 1. The van der Waals surface area contributed by atoms with E-state index < -0.39 is 0 Å². The van der Waals surface area contributed by atoms with Gasteiger partial charge in [-0.2, -0.15) is 16.3 Å². The molecule has 0 bridgehead atoms. The smallest absolute Gasteiger partial charge is 0.262 e. The van der Waals surface area contributed by atoms with E-state index >= 15 is 0 Å². The molecule has 1 fully saturated rings.